The Morgan fingerprint density at radius 1 is 1.36 bits per heavy atom. The molecule has 1 aliphatic rings. The number of alkyl halides is 3. The molecule has 0 fully saturated rings. The second kappa shape index (κ2) is 7.44. The monoisotopic (exact) mass is 460 g/mol. The van der Waals surface area contributed by atoms with Crippen molar-refractivity contribution in [1.29, 1.82) is 0 Å². The lowest BCUT2D eigenvalue weighted by Gasteiger charge is -2.33. The van der Waals surface area contributed by atoms with Gasteiger partial charge in [0.25, 0.3) is 5.91 Å². The van der Waals surface area contributed by atoms with E-state index in [1.807, 2.05) is 0 Å². The zero-order valence-corrected chi connectivity index (χ0v) is 17.6. The molecule has 0 saturated heterocycles. The van der Waals surface area contributed by atoms with Gasteiger partial charge in [-0.15, -0.1) is 0 Å². The van der Waals surface area contributed by atoms with E-state index in [4.69, 9.17) is 4.42 Å². The number of fused-ring (bicyclic) bond motifs is 2. The van der Waals surface area contributed by atoms with Crippen LogP contribution in [0.4, 0.5) is 13.2 Å². The Hall–Kier alpha value is -3.67. The first-order valence-corrected chi connectivity index (χ1v) is 10.2. The summed E-state index contributed by atoms with van der Waals surface area (Å²) in [6, 6.07) is 4.44. The number of rotatable bonds is 3. The van der Waals surface area contributed by atoms with Crippen molar-refractivity contribution in [1.82, 2.24) is 29.5 Å². The van der Waals surface area contributed by atoms with Crippen molar-refractivity contribution >= 4 is 11.4 Å². The van der Waals surface area contributed by atoms with Gasteiger partial charge in [-0.05, 0) is 32.0 Å². The van der Waals surface area contributed by atoms with Gasteiger partial charge in [-0.25, -0.2) is 14.5 Å². The summed E-state index contributed by atoms with van der Waals surface area (Å²) in [6.45, 7) is 3.30. The summed E-state index contributed by atoms with van der Waals surface area (Å²) in [5, 5.41) is 14.0. The number of carbonyl (C=O) groups excluding carboxylic acids is 1. The smallest absolute Gasteiger partial charge is 0.432 e. The number of aromatic amines is 1. The number of nitrogens with zero attached hydrogens (tertiary/aromatic N) is 5. The first-order chi connectivity index (χ1) is 15.6. The van der Waals surface area contributed by atoms with Gasteiger partial charge in [0.1, 0.15) is 17.8 Å². The van der Waals surface area contributed by atoms with Gasteiger partial charge >= 0.3 is 6.18 Å². The fourth-order valence-electron chi connectivity index (χ4n) is 4.10. The van der Waals surface area contributed by atoms with E-state index in [1.54, 1.807) is 6.92 Å². The van der Waals surface area contributed by atoms with Crippen LogP contribution in [0.15, 0.2) is 35.0 Å². The molecule has 0 aromatic carbocycles. The molecule has 33 heavy (non-hydrogen) atoms. The Bertz CT molecular complexity index is 1350. The Kier molecular flexibility index (Phi) is 4.78. The predicted octanol–water partition coefficient (Wildman–Crippen LogP) is 3.21. The highest BCUT2D eigenvalue weighted by Crippen LogP contribution is 2.36. The summed E-state index contributed by atoms with van der Waals surface area (Å²) in [7, 11) is 0. The molecule has 0 aliphatic carbocycles. The molecule has 5 rings (SSSR count). The van der Waals surface area contributed by atoms with Crippen molar-refractivity contribution in [2.24, 2.45) is 0 Å². The third kappa shape index (κ3) is 3.46. The van der Waals surface area contributed by atoms with Crippen molar-refractivity contribution in [2.75, 3.05) is 6.54 Å². The van der Waals surface area contributed by atoms with E-state index in [1.165, 1.54) is 36.4 Å². The van der Waals surface area contributed by atoms with Gasteiger partial charge in [-0.3, -0.25) is 4.79 Å². The number of oxazole rings is 1. The number of imidazole rings is 1. The van der Waals surface area contributed by atoms with Crippen LogP contribution in [0.2, 0.25) is 0 Å². The number of halogens is 3. The molecule has 0 bridgehead atoms. The molecule has 5 heterocycles. The molecule has 0 spiro atoms. The van der Waals surface area contributed by atoms with Crippen molar-refractivity contribution in [3.8, 4) is 0 Å². The number of aromatic nitrogens is 5. The molecule has 1 amide bonds. The summed E-state index contributed by atoms with van der Waals surface area (Å²) in [4.78, 5) is 26.4. The largest absolute Gasteiger partial charge is 0.433 e. The minimum Gasteiger partial charge on any atom is -0.432 e. The highest BCUT2D eigenvalue weighted by molar-refractivity contribution is 5.93. The van der Waals surface area contributed by atoms with Gasteiger partial charge in [0.2, 0.25) is 11.7 Å². The standard InChI is InChI=1S/C21H19F3N6O3/c1-10-18(33-19(27-10)11(2)31)20(32)29-7-6-13-16(26-9-25-13)17(29)14-8-12-4-3-5-15(21(22,23)24)30(12)28-14/h3-5,8-9,11,17,31H,6-7H2,1-2H3,(H,25,26)/t11-,17?/m1/s1. The minimum atomic E-state index is -4.60. The van der Waals surface area contributed by atoms with E-state index >= 15 is 0 Å². The highest BCUT2D eigenvalue weighted by Gasteiger charge is 2.39. The van der Waals surface area contributed by atoms with Crippen LogP contribution in [0.1, 0.15) is 64.0 Å². The van der Waals surface area contributed by atoms with E-state index in [-0.39, 0.29) is 29.4 Å². The van der Waals surface area contributed by atoms with Gasteiger partial charge in [0.05, 0.1) is 28.9 Å². The molecule has 1 aliphatic heterocycles. The third-order valence-electron chi connectivity index (χ3n) is 5.63. The number of aryl methyl sites for hydroxylation is 1. The number of hydrogen-bond acceptors (Lipinski definition) is 6. The van der Waals surface area contributed by atoms with Gasteiger partial charge < -0.3 is 19.4 Å². The van der Waals surface area contributed by atoms with Crippen LogP contribution in [0.25, 0.3) is 5.52 Å². The van der Waals surface area contributed by atoms with E-state index in [2.05, 4.69) is 20.1 Å². The number of pyridine rings is 1. The van der Waals surface area contributed by atoms with Gasteiger partial charge in [0.15, 0.2) is 0 Å². The summed E-state index contributed by atoms with van der Waals surface area (Å²) in [6.07, 6.45) is -3.65. The zero-order chi connectivity index (χ0) is 23.5. The summed E-state index contributed by atoms with van der Waals surface area (Å²) in [5.74, 6) is -0.555. The number of amides is 1. The third-order valence-corrected chi connectivity index (χ3v) is 5.63. The van der Waals surface area contributed by atoms with Crippen LogP contribution in [-0.2, 0) is 12.6 Å². The topological polar surface area (TPSA) is 113 Å². The molecule has 0 radical (unpaired) electrons. The van der Waals surface area contributed by atoms with Crippen LogP contribution in [-0.4, -0.2) is 47.0 Å². The highest BCUT2D eigenvalue weighted by atomic mass is 19.4. The maximum absolute atomic E-state index is 13.5. The Morgan fingerprint density at radius 2 is 2.15 bits per heavy atom. The van der Waals surface area contributed by atoms with Crippen LogP contribution < -0.4 is 0 Å². The average Bonchev–Trinajstić information content (AvgIpc) is 3.48. The molecule has 1 unspecified atom stereocenters. The van der Waals surface area contributed by atoms with Crippen molar-refractivity contribution in [3.63, 3.8) is 0 Å². The van der Waals surface area contributed by atoms with Crippen molar-refractivity contribution in [2.45, 2.75) is 38.6 Å². The number of aliphatic hydroxyl groups is 1. The van der Waals surface area contributed by atoms with Gasteiger partial charge in [-0.1, -0.05) is 6.07 Å². The first kappa shape index (κ1) is 21.2. The number of carbonyl (C=O) groups is 1. The fraction of sp³-hybridized carbons (Fsp3) is 0.333. The Balaban J connectivity index is 1.63. The molecular formula is C21H19F3N6O3. The molecule has 9 nitrogen and oxygen atoms in total. The van der Waals surface area contributed by atoms with E-state index < -0.39 is 29.9 Å². The van der Waals surface area contributed by atoms with E-state index in [0.29, 0.717) is 17.8 Å². The SMILES string of the molecule is Cc1nc([C@@H](C)O)oc1C(=O)N1CCc2[nH]cnc2C1c1cc2cccc(C(F)(F)F)n2n1. The normalized spacial score (nSPS) is 17.4. The Labute approximate surface area is 184 Å². The molecule has 172 valence electrons. The van der Waals surface area contributed by atoms with Crippen molar-refractivity contribution in [3.05, 3.63) is 70.7 Å². The molecular weight excluding hydrogens is 441 g/mol. The second-order valence-corrected chi connectivity index (χ2v) is 7.87. The molecule has 2 N–H and O–H groups in total. The second-order valence-electron chi connectivity index (χ2n) is 7.87. The molecule has 12 heteroatoms. The molecule has 0 saturated carbocycles. The lowest BCUT2D eigenvalue weighted by atomic mass is 9.99. The molecule has 4 aromatic heterocycles. The predicted molar refractivity (Wildman–Crippen MR) is 107 cm³/mol. The van der Waals surface area contributed by atoms with Gasteiger partial charge in [0, 0.05) is 18.7 Å². The summed E-state index contributed by atoms with van der Waals surface area (Å²) in [5.41, 5.74) is 1.13. The maximum atomic E-state index is 13.5. The van der Waals surface area contributed by atoms with Crippen LogP contribution in [0.5, 0.6) is 0 Å². The van der Waals surface area contributed by atoms with E-state index in [0.717, 1.165) is 16.3 Å². The molecule has 4 aromatic rings. The maximum Gasteiger partial charge on any atom is 0.433 e. The number of hydrogen-bond donors (Lipinski definition) is 2. The van der Waals surface area contributed by atoms with E-state index in [9.17, 15) is 23.1 Å². The molecule has 2 atom stereocenters. The number of H-pyrrole nitrogens is 1. The number of aliphatic hydroxyl groups excluding tert-OH is 1. The zero-order valence-electron chi connectivity index (χ0n) is 17.6. The lowest BCUT2D eigenvalue weighted by molar-refractivity contribution is -0.142. The summed E-state index contributed by atoms with van der Waals surface area (Å²) >= 11 is 0. The minimum absolute atomic E-state index is 0.00687. The number of nitrogens with one attached hydrogen (secondary N) is 1. The lowest BCUT2D eigenvalue weighted by Crippen LogP contribution is -2.41. The van der Waals surface area contributed by atoms with Crippen LogP contribution >= 0.6 is 0 Å². The average molecular weight is 460 g/mol. The fourth-order valence-corrected chi connectivity index (χ4v) is 4.10. The van der Waals surface area contributed by atoms with Crippen LogP contribution in [0.3, 0.4) is 0 Å². The Morgan fingerprint density at radius 3 is 2.85 bits per heavy atom. The van der Waals surface area contributed by atoms with Crippen LogP contribution in [0, 0.1) is 6.92 Å². The summed E-state index contributed by atoms with van der Waals surface area (Å²) < 4.78 is 46.9. The van der Waals surface area contributed by atoms with Gasteiger partial charge in [-0.2, -0.15) is 18.3 Å². The van der Waals surface area contributed by atoms with Crippen molar-refractivity contribution < 1.29 is 27.5 Å². The first-order valence-electron chi connectivity index (χ1n) is 10.2. The quantitative estimate of drug-likeness (QED) is 0.486.